The number of anilines is 1. The summed E-state index contributed by atoms with van der Waals surface area (Å²) in [5.74, 6) is 1.62. The summed E-state index contributed by atoms with van der Waals surface area (Å²) in [4.78, 5) is 21.5. The number of Topliss-reactive ketones (excluding diaryl/α,β-unsaturated/α-hetero) is 1. The van der Waals surface area contributed by atoms with Crippen molar-refractivity contribution < 1.29 is 9.32 Å². The lowest BCUT2D eigenvalue weighted by Gasteiger charge is -2.22. The molecule has 2 heterocycles. The first kappa shape index (κ1) is 22.2. The molecular formula is C26H32N4O2. The van der Waals surface area contributed by atoms with Gasteiger partial charge in [-0.05, 0) is 24.0 Å². The zero-order chi connectivity index (χ0) is 22.6. The van der Waals surface area contributed by atoms with E-state index in [2.05, 4.69) is 41.2 Å². The Morgan fingerprint density at radius 2 is 1.69 bits per heavy atom. The molecule has 32 heavy (non-hydrogen) atoms. The average Bonchev–Trinajstić information content (AvgIpc) is 3.25. The molecular weight excluding hydrogens is 400 g/mol. The molecule has 1 fully saturated rings. The Hall–Kier alpha value is -3.02. The number of hydrogen-bond acceptors (Lipinski definition) is 6. The van der Waals surface area contributed by atoms with Gasteiger partial charge in [-0.1, -0.05) is 69.5 Å². The number of hydrogen-bond donors (Lipinski definition) is 1. The van der Waals surface area contributed by atoms with Gasteiger partial charge in [0.15, 0.2) is 0 Å². The molecule has 0 bridgehead atoms. The molecule has 1 aliphatic carbocycles. The minimum atomic E-state index is -0.113. The van der Waals surface area contributed by atoms with Crippen molar-refractivity contribution in [3.05, 3.63) is 59.7 Å². The normalized spacial score (nSPS) is 15.0. The van der Waals surface area contributed by atoms with Crippen LogP contribution in [0.1, 0.15) is 69.9 Å². The SMILES string of the molecule is CC(C)(C)c1cc(CC(=O)Cc2ccc(-c3cnc(NC4CCCCC4)nc3)cc2)no1. The van der Waals surface area contributed by atoms with Crippen LogP contribution in [0.4, 0.5) is 5.95 Å². The predicted octanol–water partition coefficient (Wildman–Crippen LogP) is 5.53. The van der Waals surface area contributed by atoms with E-state index in [9.17, 15) is 4.79 Å². The highest BCUT2D eigenvalue weighted by Crippen LogP contribution is 2.24. The molecule has 4 rings (SSSR count). The lowest BCUT2D eigenvalue weighted by Crippen LogP contribution is -2.23. The third kappa shape index (κ3) is 5.81. The molecule has 1 saturated carbocycles. The first-order chi connectivity index (χ1) is 15.4. The van der Waals surface area contributed by atoms with Gasteiger partial charge < -0.3 is 9.84 Å². The van der Waals surface area contributed by atoms with Crippen LogP contribution in [-0.4, -0.2) is 26.9 Å². The fourth-order valence-electron chi connectivity index (χ4n) is 4.04. The van der Waals surface area contributed by atoms with Gasteiger partial charge in [-0.15, -0.1) is 0 Å². The van der Waals surface area contributed by atoms with E-state index in [1.54, 1.807) is 0 Å². The molecule has 0 spiro atoms. The maximum Gasteiger partial charge on any atom is 0.222 e. The summed E-state index contributed by atoms with van der Waals surface area (Å²) in [6, 6.07) is 10.4. The minimum absolute atomic E-state index is 0.113. The monoisotopic (exact) mass is 432 g/mol. The summed E-state index contributed by atoms with van der Waals surface area (Å²) in [7, 11) is 0. The van der Waals surface area contributed by atoms with Crippen LogP contribution in [-0.2, 0) is 23.1 Å². The van der Waals surface area contributed by atoms with E-state index in [1.807, 2.05) is 42.7 Å². The molecule has 1 N–H and O–H groups in total. The summed E-state index contributed by atoms with van der Waals surface area (Å²) < 4.78 is 5.38. The molecule has 168 valence electrons. The van der Waals surface area contributed by atoms with Crippen LogP contribution in [0, 0.1) is 0 Å². The van der Waals surface area contributed by atoms with Crippen molar-refractivity contribution in [2.24, 2.45) is 0 Å². The van der Waals surface area contributed by atoms with Gasteiger partial charge in [-0.2, -0.15) is 0 Å². The second kappa shape index (κ2) is 9.63. The van der Waals surface area contributed by atoms with Crippen LogP contribution >= 0.6 is 0 Å². The molecule has 1 aromatic carbocycles. The number of nitrogens with zero attached hydrogens (tertiary/aromatic N) is 3. The molecule has 6 nitrogen and oxygen atoms in total. The quantitative estimate of drug-likeness (QED) is 0.529. The van der Waals surface area contributed by atoms with Gasteiger partial charge in [0.2, 0.25) is 5.95 Å². The van der Waals surface area contributed by atoms with E-state index in [-0.39, 0.29) is 17.6 Å². The first-order valence-corrected chi connectivity index (χ1v) is 11.5. The molecule has 0 amide bonds. The van der Waals surface area contributed by atoms with Gasteiger partial charge in [0, 0.05) is 41.9 Å². The molecule has 6 heteroatoms. The standard InChI is InChI=1S/C26H32N4O2/c1-26(2,3)24-15-22(30-32-24)14-23(31)13-18-9-11-19(12-10-18)20-16-27-25(28-17-20)29-21-7-5-4-6-8-21/h9-12,15-17,21H,4-8,13-14H2,1-3H3,(H,27,28,29). The maximum atomic E-state index is 12.5. The smallest absolute Gasteiger partial charge is 0.222 e. The van der Waals surface area contributed by atoms with Crippen LogP contribution in [0.2, 0.25) is 0 Å². The zero-order valence-electron chi connectivity index (χ0n) is 19.2. The minimum Gasteiger partial charge on any atom is -0.361 e. The highest BCUT2D eigenvalue weighted by Gasteiger charge is 2.20. The van der Waals surface area contributed by atoms with Crippen molar-refractivity contribution in [1.29, 1.82) is 0 Å². The summed E-state index contributed by atoms with van der Waals surface area (Å²) in [5.41, 5.74) is 3.56. The number of benzene rings is 1. The van der Waals surface area contributed by atoms with E-state index in [0.717, 1.165) is 22.5 Å². The summed E-state index contributed by atoms with van der Waals surface area (Å²) >= 11 is 0. The van der Waals surface area contributed by atoms with Crippen molar-refractivity contribution >= 4 is 11.7 Å². The molecule has 3 aromatic rings. The Morgan fingerprint density at radius 1 is 1.00 bits per heavy atom. The number of carbonyl (C=O) groups is 1. The molecule has 0 radical (unpaired) electrons. The molecule has 0 saturated heterocycles. The van der Waals surface area contributed by atoms with Crippen molar-refractivity contribution in [3.63, 3.8) is 0 Å². The Kier molecular flexibility index (Phi) is 6.68. The first-order valence-electron chi connectivity index (χ1n) is 11.5. The fourth-order valence-corrected chi connectivity index (χ4v) is 4.04. The number of carbonyl (C=O) groups excluding carboxylic acids is 1. The van der Waals surface area contributed by atoms with Crippen LogP contribution < -0.4 is 5.32 Å². The van der Waals surface area contributed by atoms with E-state index >= 15 is 0 Å². The number of nitrogens with one attached hydrogen (secondary N) is 1. The van der Waals surface area contributed by atoms with Gasteiger partial charge in [0.1, 0.15) is 11.5 Å². The summed E-state index contributed by atoms with van der Waals surface area (Å²) in [6.07, 6.45) is 10.6. The Labute approximate surface area is 189 Å². The van der Waals surface area contributed by atoms with Crippen molar-refractivity contribution in [1.82, 2.24) is 15.1 Å². The fraction of sp³-hybridized carbons (Fsp3) is 0.462. The van der Waals surface area contributed by atoms with Crippen molar-refractivity contribution in [2.45, 2.75) is 77.2 Å². The van der Waals surface area contributed by atoms with Gasteiger partial charge in [-0.3, -0.25) is 4.79 Å². The molecule has 1 aliphatic rings. The highest BCUT2D eigenvalue weighted by molar-refractivity contribution is 5.83. The average molecular weight is 433 g/mol. The van der Waals surface area contributed by atoms with E-state index in [4.69, 9.17) is 4.52 Å². The van der Waals surface area contributed by atoms with E-state index < -0.39 is 0 Å². The van der Waals surface area contributed by atoms with Crippen LogP contribution in [0.3, 0.4) is 0 Å². The van der Waals surface area contributed by atoms with Crippen molar-refractivity contribution in [2.75, 3.05) is 5.32 Å². The van der Waals surface area contributed by atoms with Gasteiger partial charge in [0.05, 0.1) is 12.1 Å². The lowest BCUT2D eigenvalue weighted by molar-refractivity contribution is -0.117. The van der Waals surface area contributed by atoms with E-state index in [1.165, 1.54) is 32.1 Å². The molecule has 0 atom stereocenters. The highest BCUT2D eigenvalue weighted by atomic mass is 16.5. The molecule has 0 aliphatic heterocycles. The topological polar surface area (TPSA) is 80.9 Å². The van der Waals surface area contributed by atoms with E-state index in [0.29, 0.717) is 24.1 Å². The summed E-state index contributed by atoms with van der Waals surface area (Å²) in [5, 5.41) is 7.50. The lowest BCUT2D eigenvalue weighted by atomic mass is 9.93. The van der Waals surface area contributed by atoms with Crippen LogP contribution in [0.15, 0.2) is 47.2 Å². The Morgan fingerprint density at radius 3 is 2.31 bits per heavy atom. The summed E-state index contributed by atoms with van der Waals surface area (Å²) in [6.45, 7) is 6.19. The third-order valence-corrected chi connectivity index (χ3v) is 5.96. The largest absolute Gasteiger partial charge is 0.361 e. The predicted molar refractivity (Wildman–Crippen MR) is 126 cm³/mol. The van der Waals surface area contributed by atoms with Crippen molar-refractivity contribution in [3.8, 4) is 11.1 Å². The molecule has 0 unspecified atom stereocenters. The third-order valence-electron chi connectivity index (χ3n) is 5.96. The van der Waals surface area contributed by atoms with Gasteiger partial charge >= 0.3 is 0 Å². The number of ketones is 1. The Bertz CT molecular complexity index is 1030. The van der Waals surface area contributed by atoms with Gasteiger partial charge in [-0.25, -0.2) is 9.97 Å². The van der Waals surface area contributed by atoms with Gasteiger partial charge in [0.25, 0.3) is 0 Å². The second-order valence-corrected chi connectivity index (χ2v) is 9.80. The zero-order valence-corrected chi connectivity index (χ0v) is 19.2. The maximum absolute atomic E-state index is 12.5. The Balaban J connectivity index is 1.32. The number of rotatable bonds is 7. The van der Waals surface area contributed by atoms with Crippen LogP contribution in [0.5, 0.6) is 0 Å². The van der Waals surface area contributed by atoms with Crippen LogP contribution in [0.25, 0.3) is 11.1 Å². The molecule has 2 aromatic heterocycles. The number of aromatic nitrogens is 3. The second-order valence-electron chi connectivity index (χ2n) is 9.80.